The minimum atomic E-state index is 0. The summed E-state index contributed by atoms with van der Waals surface area (Å²) in [6, 6.07) is 5.26. The maximum atomic E-state index is 5.64. The Morgan fingerprint density at radius 2 is 1.40 bits per heavy atom. The number of hydrogen-bond donors (Lipinski definition) is 0. The normalized spacial score (nSPS) is 8.70. The van der Waals surface area contributed by atoms with Crippen molar-refractivity contribution < 1.29 is 0 Å². The number of rotatable bonds is 0. The molecule has 1 rings (SSSR count). The van der Waals surface area contributed by atoms with Crippen molar-refractivity contribution in [3.63, 3.8) is 0 Å². The van der Waals surface area contributed by atoms with Crippen molar-refractivity contribution >= 4 is 62.2 Å². The van der Waals surface area contributed by atoms with Crippen LogP contribution in [0.2, 0.25) is 10.0 Å². The molecule has 0 unspecified atom stereocenters. The molecule has 10 heavy (non-hydrogen) atoms. The predicted octanol–water partition coefficient (Wildman–Crippen LogP) is 3.38. The SMILES string of the molecule is Clc1cc(Cl)cc(Br)c1.[Mg]. The first-order valence-electron chi connectivity index (χ1n) is 2.30. The Bertz CT molecular complexity index is 177. The summed E-state index contributed by atoms with van der Waals surface area (Å²) >= 11 is 14.5. The lowest BCUT2D eigenvalue weighted by molar-refractivity contribution is 1.65. The van der Waals surface area contributed by atoms with Crippen molar-refractivity contribution in [2.45, 2.75) is 0 Å². The fraction of sp³-hybridized carbons (Fsp3) is 0. The zero-order valence-corrected chi connectivity index (χ0v) is 9.59. The van der Waals surface area contributed by atoms with Crippen LogP contribution >= 0.6 is 39.1 Å². The van der Waals surface area contributed by atoms with Gasteiger partial charge in [0.1, 0.15) is 0 Å². The van der Waals surface area contributed by atoms with E-state index in [2.05, 4.69) is 15.9 Å². The van der Waals surface area contributed by atoms with Crippen molar-refractivity contribution in [2.75, 3.05) is 0 Å². The zero-order valence-electron chi connectivity index (χ0n) is 5.07. The molecular weight excluding hydrogens is 247 g/mol. The molecule has 0 aliphatic rings. The summed E-state index contributed by atoms with van der Waals surface area (Å²) in [5.41, 5.74) is 0. The molecule has 2 radical (unpaired) electrons. The third-order valence-corrected chi connectivity index (χ3v) is 1.72. The summed E-state index contributed by atoms with van der Waals surface area (Å²) in [5, 5.41) is 1.30. The molecule has 0 saturated heterocycles. The van der Waals surface area contributed by atoms with Gasteiger partial charge < -0.3 is 0 Å². The molecule has 0 spiro atoms. The Morgan fingerprint density at radius 1 is 1.00 bits per heavy atom. The second-order valence-electron chi connectivity index (χ2n) is 1.59. The maximum absolute atomic E-state index is 5.64. The Labute approximate surface area is 94.2 Å². The fourth-order valence-corrected chi connectivity index (χ4v) is 1.80. The van der Waals surface area contributed by atoms with E-state index in [0.29, 0.717) is 10.0 Å². The first-order chi connectivity index (χ1) is 4.18. The molecule has 0 amide bonds. The molecule has 0 aliphatic heterocycles. The lowest BCUT2D eigenvalue weighted by Gasteiger charge is -1.92. The molecule has 1 aromatic carbocycles. The smallest absolute Gasteiger partial charge is 0.0432 e. The van der Waals surface area contributed by atoms with Crippen LogP contribution in [0.1, 0.15) is 0 Å². The molecule has 0 atom stereocenters. The largest absolute Gasteiger partial charge is 0.0842 e. The molecule has 0 nitrogen and oxygen atoms in total. The average Bonchev–Trinajstić information content (AvgIpc) is 1.59. The predicted molar refractivity (Wildman–Crippen MR) is 49.9 cm³/mol. The van der Waals surface area contributed by atoms with Crippen molar-refractivity contribution in [3.05, 3.63) is 32.7 Å². The van der Waals surface area contributed by atoms with E-state index in [4.69, 9.17) is 23.2 Å². The lowest BCUT2D eigenvalue weighted by atomic mass is 10.4. The number of hydrogen-bond acceptors (Lipinski definition) is 0. The van der Waals surface area contributed by atoms with Crippen molar-refractivity contribution in [2.24, 2.45) is 0 Å². The number of halogens is 3. The van der Waals surface area contributed by atoms with Gasteiger partial charge in [0.2, 0.25) is 0 Å². The second-order valence-corrected chi connectivity index (χ2v) is 3.38. The highest BCUT2D eigenvalue weighted by atomic mass is 79.9. The van der Waals surface area contributed by atoms with Crippen LogP contribution in [0.15, 0.2) is 22.7 Å². The van der Waals surface area contributed by atoms with E-state index >= 15 is 0 Å². The highest BCUT2D eigenvalue weighted by molar-refractivity contribution is 9.10. The van der Waals surface area contributed by atoms with Crippen molar-refractivity contribution in [1.29, 1.82) is 0 Å². The summed E-state index contributed by atoms with van der Waals surface area (Å²) in [7, 11) is 0. The van der Waals surface area contributed by atoms with Gasteiger partial charge in [-0.25, -0.2) is 0 Å². The molecule has 0 heterocycles. The zero-order chi connectivity index (χ0) is 6.85. The standard InChI is InChI=1S/C6H3BrCl2.Mg/c7-4-1-5(8)3-6(9)2-4;/h1-3H;. The van der Waals surface area contributed by atoms with Gasteiger partial charge in [0.15, 0.2) is 0 Å². The second kappa shape index (κ2) is 4.83. The van der Waals surface area contributed by atoms with Gasteiger partial charge in [0.05, 0.1) is 0 Å². The van der Waals surface area contributed by atoms with Gasteiger partial charge in [-0.3, -0.25) is 0 Å². The van der Waals surface area contributed by atoms with Crippen LogP contribution in [0.25, 0.3) is 0 Å². The maximum Gasteiger partial charge on any atom is 0.0432 e. The summed E-state index contributed by atoms with van der Waals surface area (Å²) in [4.78, 5) is 0. The lowest BCUT2D eigenvalue weighted by Crippen LogP contribution is -1.66. The van der Waals surface area contributed by atoms with Gasteiger partial charge in [-0.15, -0.1) is 0 Å². The van der Waals surface area contributed by atoms with Crippen LogP contribution in [0, 0.1) is 0 Å². The third-order valence-electron chi connectivity index (χ3n) is 0.827. The Kier molecular flexibility index (Phi) is 5.34. The van der Waals surface area contributed by atoms with Crippen LogP contribution in [-0.2, 0) is 0 Å². The highest BCUT2D eigenvalue weighted by Crippen LogP contribution is 2.22. The summed E-state index contributed by atoms with van der Waals surface area (Å²) in [6.07, 6.45) is 0. The van der Waals surface area contributed by atoms with Crippen LogP contribution in [0.4, 0.5) is 0 Å². The van der Waals surface area contributed by atoms with E-state index in [9.17, 15) is 0 Å². The molecule has 1 aromatic rings. The molecule has 4 heteroatoms. The summed E-state index contributed by atoms with van der Waals surface area (Å²) < 4.78 is 0.903. The van der Waals surface area contributed by atoms with E-state index in [1.807, 2.05) is 0 Å². The van der Waals surface area contributed by atoms with Gasteiger partial charge in [-0.05, 0) is 18.2 Å². The Morgan fingerprint density at radius 3 is 1.70 bits per heavy atom. The number of benzene rings is 1. The van der Waals surface area contributed by atoms with E-state index in [-0.39, 0.29) is 23.1 Å². The topological polar surface area (TPSA) is 0 Å². The van der Waals surface area contributed by atoms with E-state index in [1.165, 1.54) is 0 Å². The minimum Gasteiger partial charge on any atom is -0.0842 e. The van der Waals surface area contributed by atoms with Gasteiger partial charge >= 0.3 is 0 Å². The Hall–Kier alpha value is 1.05. The van der Waals surface area contributed by atoms with Gasteiger partial charge in [-0.1, -0.05) is 39.1 Å². The molecule has 0 fully saturated rings. The van der Waals surface area contributed by atoms with Crippen LogP contribution < -0.4 is 0 Å². The van der Waals surface area contributed by atoms with Gasteiger partial charge in [0.25, 0.3) is 0 Å². The van der Waals surface area contributed by atoms with E-state index in [1.54, 1.807) is 18.2 Å². The molecule has 0 N–H and O–H groups in total. The third kappa shape index (κ3) is 3.44. The highest BCUT2D eigenvalue weighted by Gasteiger charge is 1.92. The molecular formula is C6H3BrCl2Mg. The van der Waals surface area contributed by atoms with Crippen molar-refractivity contribution in [3.8, 4) is 0 Å². The first kappa shape index (κ1) is 11.0. The van der Waals surface area contributed by atoms with Gasteiger partial charge in [0, 0.05) is 37.6 Å². The molecule has 0 aromatic heterocycles. The van der Waals surface area contributed by atoms with E-state index < -0.39 is 0 Å². The summed E-state index contributed by atoms with van der Waals surface area (Å²) in [6.45, 7) is 0. The molecule has 0 aliphatic carbocycles. The molecule has 0 bridgehead atoms. The fourth-order valence-electron chi connectivity index (χ4n) is 0.520. The quantitative estimate of drug-likeness (QED) is 0.619. The molecule has 0 saturated carbocycles. The van der Waals surface area contributed by atoms with Crippen LogP contribution in [0.3, 0.4) is 0 Å². The molecule has 50 valence electrons. The summed E-state index contributed by atoms with van der Waals surface area (Å²) in [5.74, 6) is 0. The van der Waals surface area contributed by atoms with Crippen LogP contribution in [-0.4, -0.2) is 23.1 Å². The van der Waals surface area contributed by atoms with Crippen molar-refractivity contribution in [1.82, 2.24) is 0 Å². The minimum absolute atomic E-state index is 0. The van der Waals surface area contributed by atoms with E-state index in [0.717, 1.165) is 4.47 Å². The van der Waals surface area contributed by atoms with Gasteiger partial charge in [-0.2, -0.15) is 0 Å². The van der Waals surface area contributed by atoms with Crippen LogP contribution in [0.5, 0.6) is 0 Å². The average molecular weight is 250 g/mol. The monoisotopic (exact) mass is 248 g/mol. The first-order valence-corrected chi connectivity index (χ1v) is 3.85. The Balaban J connectivity index is 0.000000810.